The highest BCUT2D eigenvalue weighted by atomic mass is 35.5. The molecule has 0 aliphatic heterocycles. The van der Waals surface area contributed by atoms with Crippen molar-refractivity contribution in [2.24, 2.45) is 0 Å². The van der Waals surface area contributed by atoms with Gasteiger partial charge in [-0.05, 0) is 35.9 Å². The van der Waals surface area contributed by atoms with E-state index in [0.29, 0.717) is 21.2 Å². The monoisotopic (exact) mass is 263 g/mol. The fraction of sp³-hybridized carbons (Fsp3) is 0. The Bertz CT molecular complexity index is 617. The van der Waals surface area contributed by atoms with E-state index in [4.69, 9.17) is 28.5 Å². The van der Waals surface area contributed by atoms with Crippen LogP contribution in [0.1, 0.15) is 5.56 Å². The van der Waals surface area contributed by atoms with Crippen LogP contribution in [-0.2, 0) is 0 Å². The summed E-state index contributed by atoms with van der Waals surface area (Å²) in [7, 11) is 0. The lowest BCUT2D eigenvalue weighted by Gasteiger charge is -2.06. The van der Waals surface area contributed by atoms with E-state index in [2.05, 4.69) is 0 Å². The Labute approximate surface area is 109 Å². The molecule has 0 saturated heterocycles. The molecule has 0 radical (unpaired) electrons. The van der Waals surface area contributed by atoms with Crippen molar-refractivity contribution in [2.75, 3.05) is 0 Å². The summed E-state index contributed by atoms with van der Waals surface area (Å²) in [6.07, 6.45) is 0. The molecule has 0 unspecified atom stereocenters. The third-order valence-electron chi connectivity index (χ3n) is 2.29. The fourth-order valence-electron chi connectivity index (χ4n) is 1.55. The van der Waals surface area contributed by atoms with E-state index in [1.807, 2.05) is 6.07 Å². The van der Waals surface area contributed by atoms with Crippen molar-refractivity contribution < 1.29 is 5.11 Å². The molecule has 0 heterocycles. The highest BCUT2D eigenvalue weighted by Crippen LogP contribution is 2.32. The number of rotatable bonds is 1. The van der Waals surface area contributed by atoms with Crippen molar-refractivity contribution in [1.82, 2.24) is 0 Å². The molecule has 0 spiro atoms. The van der Waals surface area contributed by atoms with Gasteiger partial charge in [0.05, 0.1) is 11.6 Å². The molecule has 4 heteroatoms. The van der Waals surface area contributed by atoms with E-state index in [0.717, 1.165) is 5.56 Å². The van der Waals surface area contributed by atoms with Crippen molar-refractivity contribution >= 4 is 23.2 Å². The molecule has 2 nitrogen and oxygen atoms in total. The third-order valence-corrected chi connectivity index (χ3v) is 2.84. The first kappa shape index (κ1) is 11.8. The van der Waals surface area contributed by atoms with Gasteiger partial charge in [-0.3, -0.25) is 0 Å². The lowest BCUT2D eigenvalue weighted by atomic mass is 10.0. The largest absolute Gasteiger partial charge is 0.508 e. The third kappa shape index (κ3) is 2.52. The number of phenols is 1. The van der Waals surface area contributed by atoms with Gasteiger partial charge in [-0.15, -0.1) is 0 Å². The Morgan fingerprint density at radius 1 is 1.06 bits per heavy atom. The van der Waals surface area contributed by atoms with E-state index < -0.39 is 0 Å². The summed E-state index contributed by atoms with van der Waals surface area (Å²) < 4.78 is 0. The summed E-state index contributed by atoms with van der Waals surface area (Å²) in [4.78, 5) is 0. The van der Waals surface area contributed by atoms with E-state index in [1.54, 1.807) is 30.3 Å². The number of benzene rings is 2. The zero-order valence-corrected chi connectivity index (χ0v) is 10.1. The number of halogens is 2. The number of nitriles is 1. The van der Waals surface area contributed by atoms with Crippen LogP contribution in [0.15, 0.2) is 36.4 Å². The van der Waals surface area contributed by atoms with Gasteiger partial charge in [-0.2, -0.15) is 5.26 Å². The summed E-state index contributed by atoms with van der Waals surface area (Å²) in [6.45, 7) is 0. The summed E-state index contributed by atoms with van der Waals surface area (Å²) >= 11 is 11.9. The van der Waals surface area contributed by atoms with Gasteiger partial charge >= 0.3 is 0 Å². The number of hydrogen-bond acceptors (Lipinski definition) is 2. The molecule has 2 aromatic rings. The molecular weight excluding hydrogens is 257 g/mol. The zero-order valence-electron chi connectivity index (χ0n) is 8.61. The molecular formula is C13H7Cl2NO. The minimum Gasteiger partial charge on any atom is -0.508 e. The topological polar surface area (TPSA) is 44.0 Å². The Hall–Kier alpha value is -1.69. The SMILES string of the molecule is N#Cc1cc(O)cc(-c2ccc(Cl)cc2Cl)c1. The van der Waals surface area contributed by atoms with Crippen LogP contribution in [0.3, 0.4) is 0 Å². The highest BCUT2D eigenvalue weighted by molar-refractivity contribution is 6.36. The smallest absolute Gasteiger partial charge is 0.117 e. The first-order valence-corrected chi connectivity index (χ1v) is 5.55. The fourth-order valence-corrected chi connectivity index (χ4v) is 2.07. The first-order chi connectivity index (χ1) is 8.10. The molecule has 17 heavy (non-hydrogen) atoms. The maximum atomic E-state index is 9.51. The van der Waals surface area contributed by atoms with E-state index in [1.165, 1.54) is 6.07 Å². The summed E-state index contributed by atoms with van der Waals surface area (Å²) in [5.41, 5.74) is 1.79. The molecule has 0 bridgehead atoms. The van der Waals surface area contributed by atoms with Crippen LogP contribution < -0.4 is 0 Å². The van der Waals surface area contributed by atoms with Gasteiger partial charge < -0.3 is 5.11 Å². The Morgan fingerprint density at radius 3 is 2.47 bits per heavy atom. The van der Waals surface area contributed by atoms with Crippen molar-refractivity contribution in [3.8, 4) is 22.9 Å². The van der Waals surface area contributed by atoms with Gasteiger partial charge in [-0.1, -0.05) is 29.3 Å². The summed E-state index contributed by atoms with van der Waals surface area (Å²) in [6, 6.07) is 11.7. The second-order valence-electron chi connectivity index (χ2n) is 3.50. The number of phenolic OH excluding ortho intramolecular Hbond substituents is 1. The summed E-state index contributed by atoms with van der Waals surface area (Å²) in [5, 5.41) is 19.4. The maximum Gasteiger partial charge on any atom is 0.117 e. The van der Waals surface area contributed by atoms with E-state index in [-0.39, 0.29) is 5.75 Å². The van der Waals surface area contributed by atoms with Crippen molar-refractivity contribution in [1.29, 1.82) is 5.26 Å². The second kappa shape index (κ2) is 4.67. The predicted octanol–water partition coefficient (Wildman–Crippen LogP) is 4.24. The van der Waals surface area contributed by atoms with Gasteiger partial charge in [0.25, 0.3) is 0 Å². The van der Waals surface area contributed by atoms with E-state index >= 15 is 0 Å². The van der Waals surface area contributed by atoms with Gasteiger partial charge in [0, 0.05) is 15.6 Å². The molecule has 2 rings (SSSR count). The van der Waals surface area contributed by atoms with Crippen LogP contribution in [0.4, 0.5) is 0 Å². The van der Waals surface area contributed by atoms with Crippen LogP contribution in [-0.4, -0.2) is 5.11 Å². The predicted molar refractivity (Wildman–Crippen MR) is 68.3 cm³/mol. The van der Waals surface area contributed by atoms with Crippen LogP contribution in [0.25, 0.3) is 11.1 Å². The van der Waals surface area contributed by atoms with Crippen LogP contribution in [0, 0.1) is 11.3 Å². The van der Waals surface area contributed by atoms with Crippen LogP contribution in [0.2, 0.25) is 10.0 Å². The normalized spacial score (nSPS) is 9.94. The minimum absolute atomic E-state index is 0.0325. The molecule has 0 amide bonds. The number of aromatic hydroxyl groups is 1. The summed E-state index contributed by atoms with van der Waals surface area (Å²) in [5.74, 6) is 0.0325. The average Bonchev–Trinajstić information content (AvgIpc) is 2.28. The molecule has 1 N–H and O–H groups in total. The molecule has 0 aliphatic rings. The van der Waals surface area contributed by atoms with Crippen molar-refractivity contribution in [3.63, 3.8) is 0 Å². The van der Waals surface area contributed by atoms with Gasteiger partial charge in [0.1, 0.15) is 5.75 Å². The van der Waals surface area contributed by atoms with Gasteiger partial charge in [-0.25, -0.2) is 0 Å². The molecule has 0 aromatic heterocycles. The average molecular weight is 264 g/mol. The van der Waals surface area contributed by atoms with E-state index in [9.17, 15) is 5.11 Å². The number of nitrogens with zero attached hydrogens (tertiary/aromatic N) is 1. The lowest BCUT2D eigenvalue weighted by Crippen LogP contribution is -1.82. The standard InChI is InChI=1S/C13H7Cl2NO/c14-10-1-2-12(13(15)6-10)9-3-8(7-16)4-11(17)5-9/h1-6,17H. The molecule has 0 saturated carbocycles. The maximum absolute atomic E-state index is 9.51. The Kier molecular flexibility index (Phi) is 3.23. The first-order valence-electron chi connectivity index (χ1n) is 4.80. The molecule has 84 valence electrons. The van der Waals surface area contributed by atoms with Crippen molar-refractivity contribution in [2.45, 2.75) is 0 Å². The Balaban J connectivity index is 2.61. The lowest BCUT2D eigenvalue weighted by molar-refractivity contribution is 0.475. The van der Waals surface area contributed by atoms with Gasteiger partial charge in [0.2, 0.25) is 0 Å². The van der Waals surface area contributed by atoms with Crippen LogP contribution >= 0.6 is 23.2 Å². The quantitative estimate of drug-likeness (QED) is 0.837. The minimum atomic E-state index is 0.0325. The van der Waals surface area contributed by atoms with Gasteiger partial charge in [0.15, 0.2) is 0 Å². The highest BCUT2D eigenvalue weighted by Gasteiger charge is 2.07. The molecule has 0 atom stereocenters. The van der Waals surface area contributed by atoms with Crippen LogP contribution in [0.5, 0.6) is 5.75 Å². The molecule has 2 aromatic carbocycles. The number of hydrogen-bond donors (Lipinski definition) is 1. The zero-order chi connectivity index (χ0) is 12.4. The Morgan fingerprint density at radius 2 is 1.82 bits per heavy atom. The molecule has 0 fully saturated rings. The second-order valence-corrected chi connectivity index (χ2v) is 4.35. The van der Waals surface area contributed by atoms with Crippen molar-refractivity contribution in [3.05, 3.63) is 52.0 Å². The molecule has 0 aliphatic carbocycles.